The predicted molar refractivity (Wildman–Crippen MR) is 216 cm³/mol. The Morgan fingerprint density at radius 2 is 1.64 bits per heavy atom. The maximum Gasteiger partial charge on any atom is 0.337 e. The molecule has 0 unspecified atom stereocenters. The summed E-state index contributed by atoms with van der Waals surface area (Å²) in [7, 11) is 0. The van der Waals surface area contributed by atoms with Crippen LogP contribution in [0.15, 0.2) is 36.4 Å². The number of anilines is 1. The Labute approximate surface area is 323 Å². The second-order valence-electron chi connectivity index (χ2n) is 18.5. The summed E-state index contributed by atoms with van der Waals surface area (Å²) in [5, 5.41) is 11.7. The molecule has 0 amide bonds. The van der Waals surface area contributed by atoms with Gasteiger partial charge < -0.3 is 14.7 Å². The fourth-order valence-corrected chi connectivity index (χ4v) is 9.59. The lowest BCUT2D eigenvalue weighted by atomic mass is 9.63. The summed E-state index contributed by atoms with van der Waals surface area (Å²) in [4.78, 5) is 26.2. The number of aryl methyl sites for hydroxylation is 2. The number of hydrogen-bond acceptors (Lipinski definition) is 6. The van der Waals surface area contributed by atoms with Gasteiger partial charge in [0.2, 0.25) is 0 Å². The molecule has 1 aromatic heterocycles. The predicted octanol–water partition coefficient (Wildman–Crippen LogP) is 9.91. The van der Waals surface area contributed by atoms with Crippen LogP contribution in [0.3, 0.4) is 0 Å². The van der Waals surface area contributed by atoms with Crippen LogP contribution in [0, 0.1) is 24.7 Å². The van der Waals surface area contributed by atoms with E-state index in [0.717, 1.165) is 105 Å². The van der Waals surface area contributed by atoms with Crippen LogP contribution in [0.2, 0.25) is 5.02 Å². The van der Waals surface area contributed by atoms with E-state index >= 15 is 0 Å². The number of fused-ring (bicyclic) bond motifs is 1. The number of rotatable bonds is 9. The minimum Gasteiger partial charge on any atom is -0.479 e. The van der Waals surface area contributed by atoms with Crippen LogP contribution in [0.25, 0.3) is 11.1 Å². The average molecular weight is 741 g/mol. The van der Waals surface area contributed by atoms with E-state index in [4.69, 9.17) is 21.3 Å². The third-order valence-corrected chi connectivity index (χ3v) is 13.2. The molecule has 7 rings (SSSR count). The Hall–Kier alpha value is -2.97. The molecule has 286 valence electrons. The van der Waals surface area contributed by atoms with Crippen LogP contribution < -0.4 is 4.90 Å². The standard InChI is InChI=1S/C45H61ClN4O3/c1-30-10-8-11-36(46)35(30)28-49-21-14-32-26-33(12-13-34(32)27-49)39-37(29-48-22-19-45(20-23-48)15-9-16-45)47-31(2)38(41(42(51)52)53-43(3,4)5)40(39)50-24-17-44(6,7)18-25-50/h8,10-13,26,41H,9,14-25,27-29H2,1-7H3,(H,51,52)/t41-/m0/s1. The lowest BCUT2D eigenvalue weighted by Gasteiger charge is -2.48. The van der Waals surface area contributed by atoms with Gasteiger partial charge in [-0.15, -0.1) is 0 Å². The molecule has 3 fully saturated rings. The van der Waals surface area contributed by atoms with Crippen molar-refractivity contribution >= 4 is 23.3 Å². The van der Waals surface area contributed by atoms with Crippen molar-refractivity contribution in [1.29, 1.82) is 0 Å². The highest BCUT2D eigenvalue weighted by Crippen LogP contribution is 2.50. The Bertz CT molecular complexity index is 1800. The number of nitrogens with zero attached hydrogens (tertiary/aromatic N) is 4. The number of benzene rings is 2. The minimum absolute atomic E-state index is 0.237. The van der Waals surface area contributed by atoms with Gasteiger partial charge >= 0.3 is 5.97 Å². The molecule has 7 nitrogen and oxygen atoms in total. The van der Waals surface area contributed by atoms with Crippen LogP contribution in [0.5, 0.6) is 0 Å². The lowest BCUT2D eigenvalue weighted by Crippen LogP contribution is -2.43. The third-order valence-electron chi connectivity index (χ3n) is 12.9. The molecule has 4 aliphatic rings. The van der Waals surface area contributed by atoms with Gasteiger partial charge in [0.25, 0.3) is 0 Å². The molecular formula is C45H61ClN4O3. The number of piperidine rings is 2. The van der Waals surface area contributed by atoms with Crippen molar-refractivity contribution < 1.29 is 14.6 Å². The van der Waals surface area contributed by atoms with Crippen LogP contribution in [-0.2, 0) is 35.6 Å². The summed E-state index contributed by atoms with van der Waals surface area (Å²) in [5.74, 6) is -0.969. The summed E-state index contributed by atoms with van der Waals surface area (Å²) in [5.41, 5.74) is 11.1. The van der Waals surface area contributed by atoms with Crippen molar-refractivity contribution in [2.24, 2.45) is 10.8 Å². The van der Waals surface area contributed by atoms with Crippen LogP contribution in [-0.4, -0.2) is 64.2 Å². The lowest BCUT2D eigenvalue weighted by molar-refractivity contribution is -0.160. The van der Waals surface area contributed by atoms with Gasteiger partial charge in [0, 0.05) is 61.1 Å². The van der Waals surface area contributed by atoms with E-state index in [1.54, 1.807) is 0 Å². The molecule has 0 radical (unpaired) electrons. The molecule has 2 aromatic carbocycles. The normalized spacial score (nSPS) is 20.9. The number of aliphatic carboxylic acids is 1. The number of likely N-dealkylation sites (tertiary alicyclic amines) is 1. The fourth-order valence-electron chi connectivity index (χ4n) is 9.31. The highest BCUT2D eigenvalue weighted by molar-refractivity contribution is 6.31. The molecular weight excluding hydrogens is 680 g/mol. The zero-order valence-corrected chi connectivity index (χ0v) is 34.0. The van der Waals surface area contributed by atoms with Gasteiger partial charge in [-0.3, -0.25) is 14.8 Å². The topological polar surface area (TPSA) is 69.1 Å². The van der Waals surface area contributed by atoms with Crippen LogP contribution in [0.1, 0.15) is 125 Å². The molecule has 1 aliphatic carbocycles. The van der Waals surface area contributed by atoms with Gasteiger partial charge in [0.15, 0.2) is 6.10 Å². The highest BCUT2D eigenvalue weighted by atomic mass is 35.5. The summed E-state index contributed by atoms with van der Waals surface area (Å²) in [6, 6.07) is 13.1. The van der Waals surface area contributed by atoms with E-state index in [2.05, 4.69) is 59.7 Å². The minimum atomic E-state index is -1.13. The number of carboxylic acid groups (broad SMARTS) is 1. The first kappa shape index (κ1) is 38.3. The van der Waals surface area contributed by atoms with Gasteiger partial charge in [0.1, 0.15) is 0 Å². The Kier molecular flexibility index (Phi) is 10.8. The first-order chi connectivity index (χ1) is 25.1. The van der Waals surface area contributed by atoms with Crippen molar-refractivity contribution in [2.45, 2.75) is 131 Å². The summed E-state index contributed by atoms with van der Waals surface area (Å²) >= 11 is 6.66. The van der Waals surface area contributed by atoms with E-state index in [1.165, 1.54) is 54.4 Å². The average Bonchev–Trinajstić information content (AvgIpc) is 3.08. The summed E-state index contributed by atoms with van der Waals surface area (Å²) in [6.45, 7) is 22.0. The number of carboxylic acids is 1. The molecule has 4 heterocycles. The molecule has 1 N–H and O–H groups in total. The molecule has 1 atom stereocenters. The van der Waals surface area contributed by atoms with Crippen LogP contribution in [0.4, 0.5) is 5.69 Å². The largest absolute Gasteiger partial charge is 0.479 e. The van der Waals surface area contributed by atoms with Crippen molar-refractivity contribution in [2.75, 3.05) is 37.6 Å². The Balaban J connectivity index is 1.32. The monoisotopic (exact) mass is 740 g/mol. The summed E-state index contributed by atoms with van der Waals surface area (Å²) < 4.78 is 6.44. The molecule has 53 heavy (non-hydrogen) atoms. The third kappa shape index (κ3) is 8.34. The first-order valence-corrected chi connectivity index (χ1v) is 20.5. The number of pyridine rings is 1. The van der Waals surface area contributed by atoms with E-state index in [0.29, 0.717) is 11.0 Å². The zero-order valence-electron chi connectivity index (χ0n) is 33.3. The molecule has 8 heteroatoms. The van der Waals surface area contributed by atoms with E-state index in [1.807, 2.05) is 39.8 Å². The molecule has 3 aromatic rings. The van der Waals surface area contributed by atoms with Gasteiger partial charge in [0.05, 0.1) is 17.0 Å². The van der Waals surface area contributed by atoms with E-state index in [-0.39, 0.29) is 5.41 Å². The molecule has 0 bridgehead atoms. The van der Waals surface area contributed by atoms with Crippen molar-refractivity contribution in [3.05, 3.63) is 80.6 Å². The number of ether oxygens (including phenoxy) is 1. The van der Waals surface area contributed by atoms with Crippen molar-refractivity contribution in [1.82, 2.24) is 14.8 Å². The number of halogens is 1. The maximum atomic E-state index is 13.2. The van der Waals surface area contributed by atoms with Gasteiger partial charge in [-0.05, 0) is 137 Å². The number of carbonyl (C=O) groups is 1. The zero-order chi connectivity index (χ0) is 37.7. The van der Waals surface area contributed by atoms with E-state index < -0.39 is 17.7 Å². The molecule has 1 saturated carbocycles. The number of hydrogen-bond donors (Lipinski definition) is 1. The smallest absolute Gasteiger partial charge is 0.337 e. The van der Waals surface area contributed by atoms with Gasteiger partial charge in [-0.2, -0.15) is 0 Å². The molecule has 2 saturated heterocycles. The summed E-state index contributed by atoms with van der Waals surface area (Å²) in [6.07, 6.45) is 8.55. The van der Waals surface area contributed by atoms with E-state index in [9.17, 15) is 9.90 Å². The van der Waals surface area contributed by atoms with Gasteiger partial charge in [-0.1, -0.05) is 62.2 Å². The van der Waals surface area contributed by atoms with Crippen molar-refractivity contribution in [3.63, 3.8) is 0 Å². The molecule has 3 aliphatic heterocycles. The Morgan fingerprint density at radius 3 is 2.26 bits per heavy atom. The quantitative estimate of drug-likeness (QED) is 0.234. The SMILES string of the molecule is Cc1cccc(Cl)c1CN1CCc2cc(-c3c(CN4CCC5(CCC5)CC4)nc(C)c([C@H](OC(C)(C)C)C(=O)O)c3N3CCC(C)(C)CC3)ccc2C1. The second kappa shape index (κ2) is 14.9. The van der Waals surface area contributed by atoms with Crippen LogP contribution >= 0.6 is 11.6 Å². The molecule has 1 spiro atoms. The second-order valence-corrected chi connectivity index (χ2v) is 18.9. The highest BCUT2D eigenvalue weighted by Gasteiger charge is 2.41. The fraction of sp³-hybridized carbons (Fsp3) is 0.600. The number of aromatic nitrogens is 1. The maximum absolute atomic E-state index is 13.2. The Morgan fingerprint density at radius 1 is 0.925 bits per heavy atom. The van der Waals surface area contributed by atoms with Gasteiger partial charge in [-0.25, -0.2) is 4.79 Å². The van der Waals surface area contributed by atoms with Crippen molar-refractivity contribution in [3.8, 4) is 11.1 Å². The first-order valence-electron chi connectivity index (χ1n) is 20.1.